The molecule has 1 aliphatic rings. The number of carboxylic acid groups (broad SMARTS) is 1. The highest BCUT2D eigenvalue weighted by Gasteiger charge is 2.38. The van der Waals surface area contributed by atoms with Crippen molar-refractivity contribution in [3.8, 4) is 0 Å². The van der Waals surface area contributed by atoms with Crippen molar-refractivity contribution in [1.29, 1.82) is 0 Å². The fourth-order valence-corrected chi connectivity index (χ4v) is 4.70. The summed E-state index contributed by atoms with van der Waals surface area (Å²) in [6.07, 6.45) is 0. The number of amides is 4. The van der Waals surface area contributed by atoms with Crippen molar-refractivity contribution in [3.05, 3.63) is 89.0 Å². The van der Waals surface area contributed by atoms with E-state index in [0.29, 0.717) is 16.9 Å². The number of aromatic carboxylic acids is 1. The summed E-state index contributed by atoms with van der Waals surface area (Å²) in [5.41, 5.74) is 3.10. The molecule has 1 heterocycles. The molecule has 0 radical (unpaired) electrons. The van der Waals surface area contributed by atoms with Gasteiger partial charge < -0.3 is 25.5 Å². The molecule has 3 N–H and O–H groups in total. The molecule has 0 saturated carbocycles. The molecule has 10 nitrogen and oxygen atoms in total. The van der Waals surface area contributed by atoms with Gasteiger partial charge in [0.1, 0.15) is 6.04 Å². The number of Topliss-reactive ketones (excluding diaryl/α,β-unsaturated/α-hetero) is 1. The summed E-state index contributed by atoms with van der Waals surface area (Å²) < 4.78 is 0. The van der Waals surface area contributed by atoms with Gasteiger partial charge in [-0.2, -0.15) is 0 Å². The van der Waals surface area contributed by atoms with Gasteiger partial charge in [0.25, 0.3) is 5.91 Å². The minimum Gasteiger partial charge on any atom is -0.478 e. The quantitative estimate of drug-likeness (QED) is 0.369. The highest BCUT2D eigenvalue weighted by atomic mass is 16.4. The molecule has 41 heavy (non-hydrogen) atoms. The summed E-state index contributed by atoms with van der Waals surface area (Å²) in [7, 11) is 0. The third-order valence-electron chi connectivity index (χ3n) is 6.82. The van der Waals surface area contributed by atoms with Gasteiger partial charge in [0.2, 0.25) is 5.91 Å². The van der Waals surface area contributed by atoms with E-state index >= 15 is 0 Å². The molecule has 1 unspecified atom stereocenters. The van der Waals surface area contributed by atoms with Gasteiger partial charge in [-0.1, -0.05) is 50.2 Å². The molecule has 10 heteroatoms. The smallest absolute Gasteiger partial charge is 0.335 e. The van der Waals surface area contributed by atoms with Crippen molar-refractivity contribution in [3.63, 3.8) is 0 Å². The summed E-state index contributed by atoms with van der Waals surface area (Å²) in [5, 5.41) is 14.5. The van der Waals surface area contributed by atoms with Crippen molar-refractivity contribution < 1.29 is 29.1 Å². The molecule has 3 aromatic rings. The Hall–Kier alpha value is -4.99. The Bertz CT molecular complexity index is 1530. The number of carbonyl (C=O) groups excluding carboxylic acids is 4. The number of benzene rings is 3. The topological polar surface area (TPSA) is 136 Å². The number of anilines is 3. The summed E-state index contributed by atoms with van der Waals surface area (Å²) in [6.45, 7) is 6.68. The largest absolute Gasteiger partial charge is 0.478 e. The molecule has 0 spiro atoms. The van der Waals surface area contributed by atoms with Gasteiger partial charge in [-0.3, -0.25) is 14.4 Å². The lowest BCUT2D eigenvalue weighted by Gasteiger charge is -2.27. The number of ketones is 1. The van der Waals surface area contributed by atoms with Crippen LogP contribution >= 0.6 is 0 Å². The SMILES string of the molecule is Cc1ccc2c(c1)N(CC(=O)c1ccccc1C)C(=O)C(NC(=O)Nc1cccc(C(=O)O)c1)CN2C(=O)C(C)C. The van der Waals surface area contributed by atoms with Gasteiger partial charge in [-0.25, -0.2) is 9.59 Å². The summed E-state index contributed by atoms with van der Waals surface area (Å²) >= 11 is 0. The zero-order valence-corrected chi connectivity index (χ0v) is 23.3. The van der Waals surface area contributed by atoms with Crippen LogP contribution in [0.4, 0.5) is 21.9 Å². The zero-order chi connectivity index (χ0) is 29.8. The van der Waals surface area contributed by atoms with E-state index in [-0.39, 0.29) is 36.0 Å². The molecule has 0 fully saturated rings. The van der Waals surface area contributed by atoms with E-state index in [2.05, 4.69) is 10.6 Å². The first-order valence-corrected chi connectivity index (χ1v) is 13.2. The number of aryl methyl sites for hydroxylation is 2. The number of urea groups is 1. The first-order valence-electron chi connectivity index (χ1n) is 13.2. The molecule has 4 rings (SSSR count). The van der Waals surface area contributed by atoms with E-state index in [1.165, 1.54) is 34.1 Å². The summed E-state index contributed by atoms with van der Waals surface area (Å²) in [5.74, 6) is -2.67. The number of rotatable bonds is 7. The van der Waals surface area contributed by atoms with E-state index in [9.17, 15) is 29.1 Å². The second-order valence-electron chi connectivity index (χ2n) is 10.3. The van der Waals surface area contributed by atoms with Crippen LogP contribution in [0.1, 0.15) is 45.7 Å². The minimum absolute atomic E-state index is 0.0197. The third kappa shape index (κ3) is 6.43. The minimum atomic E-state index is -1.21. The Balaban J connectivity index is 1.72. The molecule has 0 saturated heterocycles. The zero-order valence-electron chi connectivity index (χ0n) is 23.3. The number of nitrogens with one attached hydrogen (secondary N) is 2. The molecule has 3 aromatic carbocycles. The average Bonchev–Trinajstić information content (AvgIpc) is 3.03. The van der Waals surface area contributed by atoms with Crippen LogP contribution in [-0.2, 0) is 9.59 Å². The number of fused-ring (bicyclic) bond motifs is 1. The second kappa shape index (κ2) is 12.0. The predicted octanol–water partition coefficient (Wildman–Crippen LogP) is 4.41. The number of hydrogen-bond donors (Lipinski definition) is 3. The Morgan fingerprint density at radius 3 is 2.37 bits per heavy atom. The van der Waals surface area contributed by atoms with E-state index in [4.69, 9.17) is 0 Å². The van der Waals surface area contributed by atoms with Crippen molar-refractivity contribution in [2.24, 2.45) is 5.92 Å². The third-order valence-corrected chi connectivity index (χ3v) is 6.82. The van der Waals surface area contributed by atoms with Crippen molar-refractivity contribution >= 4 is 46.7 Å². The van der Waals surface area contributed by atoms with Crippen LogP contribution in [0.5, 0.6) is 0 Å². The predicted molar refractivity (Wildman–Crippen MR) is 156 cm³/mol. The van der Waals surface area contributed by atoms with Crippen LogP contribution in [0, 0.1) is 19.8 Å². The molecule has 1 atom stereocenters. The maximum atomic E-state index is 14.1. The Morgan fingerprint density at radius 2 is 1.68 bits per heavy atom. The first-order chi connectivity index (χ1) is 19.5. The van der Waals surface area contributed by atoms with Crippen LogP contribution in [0.25, 0.3) is 0 Å². The highest BCUT2D eigenvalue weighted by Crippen LogP contribution is 2.35. The van der Waals surface area contributed by atoms with E-state index in [0.717, 1.165) is 11.1 Å². The Morgan fingerprint density at radius 1 is 0.951 bits per heavy atom. The summed E-state index contributed by atoms with van der Waals surface area (Å²) in [6, 6.07) is 16.1. The van der Waals surface area contributed by atoms with Crippen molar-refractivity contribution in [1.82, 2.24) is 5.32 Å². The normalized spacial score (nSPS) is 14.8. The fourth-order valence-electron chi connectivity index (χ4n) is 4.70. The van der Waals surface area contributed by atoms with Crippen molar-refractivity contribution in [2.75, 3.05) is 28.2 Å². The van der Waals surface area contributed by atoms with Crippen molar-refractivity contribution in [2.45, 2.75) is 33.7 Å². The van der Waals surface area contributed by atoms with Crippen LogP contribution in [0.15, 0.2) is 66.7 Å². The van der Waals surface area contributed by atoms with Crippen LogP contribution in [-0.4, -0.2) is 53.8 Å². The Kier molecular flexibility index (Phi) is 8.51. The van der Waals surface area contributed by atoms with Gasteiger partial charge >= 0.3 is 12.0 Å². The molecule has 1 aliphatic heterocycles. The number of carboxylic acids is 1. The lowest BCUT2D eigenvalue weighted by atomic mass is 10.0. The standard InChI is InChI=1S/C31H32N4O6/c1-18(2)28(37)34-16-24(33-31(41)32-22-10-7-9-21(15-22)30(39)40)29(38)35(26-14-19(3)12-13-25(26)34)17-27(36)23-11-6-5-8-20(23)4/h5-15,18,24H,16-17H2,1-4H3,(H,39,40)(H2,32,33,41). The molecule has 0 aromatic heterocycles. The monoisotopic (exact) mass is 556 g/mol. The van der Waals surface area contributed by atoms with E-state index < -0.39 is 29.9 Å². The lowest BCUT2D eigenvalue weighted by molar-refractivity contribution is -0.122. The number of nitrogens with zero attached hydrogens (tertiary/aromatic N) is 2. The molecule has 4 amide bonds. The van der Waals surface area contributed by atoms with E-state index in [1.807, 2.05) is 32.0 Å². The number of hydrogen-bond acceptors (Lipinski definition) is 5. The van der Waals surface area contributed by atoms with Gasteiger partial charge in [0.15, 0.2) is 5.78 Å². The fraction of sp³-hybridized carbons (Fsp3) is 0.258. The molecule has 212 valence electrons. The molecular weight excluding hydrogens is 524 g/mol. The lowest BCUT2D eigenvalue weighted by Crippen LogP contribution is -2.54. The van der Waals surface area contributed by atoms with Crippen LogP contribution in [0.3, 0.4) is 0 Å². The first kappa shape index (κ1) is 29.0. The molecule has 0 bridgehead atoms. The van der Waals surface area contributed by atoms with Gasteiger partial charge in [-0.05, 0) is 55.3 Å². The molecule has 0 aliphatic carbocycles. The van der Waals surface area contributed by atoms with Gasteiger partial charge in [0.05, 0.1) is 30.0 Å². The van der Waals surface area contributed by atoms with E-state index in [1.54, 1.807) is 38.1 Å². The highest BCUT2D eigenvalue weighted by molar-refractivity contribution is 6.13. The average molecular weight is 557 g/mol. The van der Waals surface area contributed by atoms with Gasteiger partial charge in [-0.15, -0.1) is 0 Å². The summed E-state index contributed by atoms with van der Waals surface area (Å²) in [4.78, 5) is 68.0. The Labute approximate surface area is 238 Å². The number of carbonyl (C=O) groups is 5. The van der Waals surface area contributed by atoms with Crippen LogP contribution < -0.4 is 20.4 Å². The van der Waals surface area contributed by atoms with Crippen LogP contribution in [0.2, 0.25) is 0 Å². The van der Waals surface area contributed by atoms with Gasteiger partial charge in [0, 0.05) is 17.2 Å². The molecular formula is C31H32N4O6. The maximum Gasteiger partial charge on any atom is 0.335 e. The second-order valence-corrected chi connectivity index (χ2v) is 10.3. The maximum absolute atomic E-state index is 14.1.